The first-order valence-corrected chi connectivity index (χ1v) is 9.93. The molecule has 0 radical (unpaired) electrons. The maximum atomic E-state index is 12.8. The first-order chi connectivity index (χ1) is 13.4. The molecule has 0 aliphatic heterocycles. The van der Waals surface area contributed by atoms with Crippen LogP contribution in [0.25, 0.3) is 5.69 Å². The smallest absolute Gasteiger partial charge is 0.295 e. The summed E-state index contributed by atoms with van der Waals surface area (Å²) in [5, 5.41) is 15.0. The molecule has 0 saturated carbocycles. The zero-order valence-electron chi connectivity index (χ0n) is 16.3. The standard InChI is InChI=1S/C18H23N7O2S/c1-12(2)24-18(20-21-22-24)28-11-10-15(26)19-16-13(3)23(4)25(17(16)27)14-8-6-5-7-9-14/h5-9,12H,10-11H2,1-4H3,(H,19,26). The highest BCUT2D eigenvalue weighted by Crippen LogP contribution is 2.19. The van der Waals surface area contributed by atoms with Crippen molar-refractivity contribution in [2.45, 2.75) is 38.4 Å². The number of carbonyl (C=O) groups excluding carboxylic acids is 1. The third-order valence-corrected chi connectivity index (χ3v) is 5.27. The summed E-state index contributed by atoms with van der Waals surface area (Å²) in [6, 6.07) is 9.47. The molecular formula is C18H23N7O2S. The van der Waals surface area contributed by atoms with E-state index in [1.54, 1.807) is 16.4 Å². The van der Waals surface area contributed by atoms with Crippen LogP contribution in [0.15, 0.2) is 40.3 Å². The Bertz CT molecular complexity index is 1020. The average Bonchev–Trinajstić information content (AvgIpc) is 3.22. The van der Waals surface area contributed by atoms with Gasteiger partial charge in [-0.3, -0.25) is 14.3 Å². The van der Waals surface area contributed by atoms with Gasteiger partial charge in [-0.25, -0.2) is 9.36 Å². The van der Waals surface area contributed by atoms with Crippen LogP contribution < -0.4 is 10.9 Å². The lowest BCUT2D eigenvalue weighted by Crippen LogP contribution is -2.23. The predicted molar refractivity (Wildman–Crippen MR) is 108 cm³/mol. The second kappa shape index (κ2) is 8.42. The van der Waals surface area contributed by atoms with Crippen LogP contribution in [0.1, 0.15) is 32.0 Å². The number of amides is 1. The minimum atomic E-state index is -0.254. The lowest BCUT2D eigenvalue weighted by Gasteiger charge is -2.07. The molecule has 10 heteroatoms. The lowest BCUT2D eigenvalue weighted by molar-refractivity contribution is -0.115. The molecule has 0 unspecified atom stereocenters. The second-order valence-electron chi connectivity index (χ2n) is 6.58. The van der Waals surface area contributed by atoms with E-state index >= 15 is 0 Å². The van der Waals surface area contributed by atoms with Crippen LogP contribution in [0.5, 0.6) is 0 Å². The van der Waals surface area contributed by atoms with Crippen LogP contribution in [0.4, 0.5) is 5.69 Å². The lowest BCUT2D eigenvalue weighted by atomic mass is 10.3. The van der Waals surface area contributed by atoms with Gasteiger partial charge in [0.15, 0.2) is 0 Å². The number of thioether (sulfide) groups is 1. The molecule has 0 saturated heterocycles. The Labute approximate surface area is 166 Å². The first kappa shape index (κ1) is 19.9. The van der Waals surface area contributed by atoms with Crippen molar-refractivity contribution in [1.29, 1.82) is 0 Å². The number of para-hydroxylation sites is 1. The summed E-state index contributed by atoms with van der Waals surface area (Å²) in [6.07, 6.45) is 0.245. The van der Waals surface area contributed by atoms with Crippen molar-refractivity contribution in [1.82, 2.24) is 29.6 Å². The molecule has 2 aromatic heterocycles. The normalized spacial score (nSPS) is 11.2. The second-order valence-corrected chi connectivity index (χ2v) is 7.65. The Morgan fingerprint density at radius 2 is 1.96 bits per heavy atom. The molecule has 1 N–H and O–H groups in total. The van der Waals surface area contributed by atoms with E-state index in [1.807, 2.05) is 51.1 Å². The van der Waals surface area contributed by atoms with Gasteiger partial charge in [0, 0.05) is 19.2 Å². The van der Waals surface area contributed by atoms with E-state index in [0.29, 0.717) is 22.3 Å². The van der Waals surface area contributed by atoms with Crippen molar-refractivity contribution in [2.75, 3.05) is 11.1 Å². The van der Waals surface area contributed by atoms with Gasteiger partial charge in [-0.2, -0.15) is 0 Å². The van der Waals surface area contributed by atoms with E-state index in [-0.39, 0.29) is 23.9 Å². The van der Waals surface area contributed by atoms with Crippen molar-refractivity contribution >= 4 is 23.4 Å². The Morgan fingerprint density at radius 1 is 1.25 bits per heavy atom. The van der Waals surface area contributed by atoms with E-state index in [0.717, 1.165) is 5.69 Å². The maximum absolute atomic E-state index is 12.8. The van der Waals surface area contributed by atoms with Gasteiger partial charge in [0.25, 0.3) is 5.56 Å². The van der Waals surface area contributed by atoms with E-state index in [9.17, 15) is 9.59 Å². The van der Waals surface area contributed by atoms with Crippen molar-refractivity contribution in [3.8, 4) is 5.69 Å². The number of tetrazole rings is 1. The highest BCUT2D eigenvalue weighted by molar-refractivity contribution is 7.99. The van der Waals surface area contributed by atoms with Crippen LogP contribution in [-0.4, -0.2) is 41.2 Å². The summed E-state index contributed by atoms with van der Waals surface area (Å²) in [6.45, 7) is 5.79. The average molecular weight is 401 g/mol. The molecule has 9 nitrogen and oxygen atoms in total. The Balaban J connectivity index is 1.68. The highest BCUT2D eigenvalue weighted by Gasteiger charge is 2.18. The number of hydrogen-bond donors (Lipinski definition) is 1. The Morgan fingerprint density at radius 3 is 2.64 bits per heavy atom. The predicted octanol–water partition coefficient (Wildman–Crippen LogP) is 2.17. The fourth-order valence-electron chi connectivity index (χ4n) is 2.75. The number of benzene rings is 1. The van der Waals surface area contributed by atoms with E-state index in [4.69, 9.17) is 0 Å². The number of aromatic nitrogens is 6. The number of hydrogen-bond acceptors (Lipinski definition) is 6. The van der Waals surface area contributed by atoms with E-state index in [2.05, 4.69) is 20.8 Å². The summed E-state index contributed by atoms with van der Waals surface area (Å²) >= 11 is 1.41. The van der Waals surface area contributed by atoms with Crippen LogP contribution in [0.3, 0.4) is 0 Å². The molecule has 0 aliphatic rings. The summed E-state index contributed by atoms with van der Waals surface area (Å²) in [7, 11) is 1.79. The van der Waals surface area contributed by atoms with Crippen LogP contribution in [0.2, 0.25) is 0 Å². The molecule has 0 bridgehead atoms. The van der Waals surface area contributed by atoms with Crippen molar-refractivity contribution in [3.63, 3.8) is 0 Å². The molecule has 0 spiro atoms. The minimum Gasteiger partial charge on any atom is -0.320 e. The summed E-state index contributed by atoms with van der Waals surface area (Å²) in [5.74, 6) is 0.291. The molecule has 1 aromatic carbocycles. The van der Waals surface area contributed by atoms with Crippen LogP contribution in [-0.2, 0) is 11.8 Å². The zero-order valence-corrected chi connectivity index (χ0v) is 17.1. The zero-order chi connectivity index (χ0) is 20.3. The van der Waals surface area contributed by atoms with Crippen LogP contribution >= 0.6 is 11.8 Å². The van der Waals surface area contributed by atoms with Gasteiger partial charge < -0.3 is 5.32 Å². The highest BCUT2D eigenvalue weighted by atomic mass is 32.2. The Hall–Kier alpha value is -2.88. The van der Waals surface area contributed by atoms with Crippen molar-refractivity contribution in [3.05, 3.63) is 46.4 Å². The number of nitrogens with one attached hydrogen (secondary N) is 1. The molecule has 3 aromatic rings. The SMILES string of the molecule is Cc1c(NC(=O)CCSc2nnnn2C(C)C)c(=O)n(-c2ccccc2)n1C. The van der Waals surface area contributed by atoms with E-state index < -0.39 is 0 Å². The molecule has 0 fully saturated rings. The van der Waals surface area contributed by atoms with Gasteiger partial charge in [-0.05, 0) is 43.3 Å². The number of rotatable bonds is 7. The summed E-state index contributed by atoms with van der Waals surface area (Å²) in [4.78, 5) is 25.2. The molecule has 1 amide bonds. The molecular weight excluding hydrogens is 378 g/mol. The Kier molecular flexibility index (Phi) is 5.98. The molecule has 28 heavy (non-hydrogen) atoms. The van der Waals surface area contributed by atoms with Crippen molar-refractivity contribution in [2.24, 2.45) is 7.05 Å². The molecule has 0 aliphatic carbocycles. The van der Waals surface area contributed by atoms with Gasteiger partial charge in [-0.1, -0.05) is 30.0 Å². The van der Waals surface area contributed by atoms with Gasteiger partial charge in [-0.15, -0.1) is 5.10 Å². The third-order valence-electron chi connectivity index (χ3n) is 4.33. The van der Waals surface area contributed by atoms with Crippen molar-refractivity contribution < 1.29 is 4.79 Å². The molecule has 0 atom stereocenters. The molecule has 2 heterocycles. The van der Waals surface area contributed by atoms with Crippen LogP contribution in [0, 0.1) is 6.92 Å². The molecule has 148 valence electrons. The first-order valence-electron chi connectivity index (χ1n) is 8.94. The summed E-state index contributed by atoms with van der Waals surface area (Å²) < 4.78 is 4.98. The number of anilines is 1. The largest absolute Gasteiger partial charge is 0.320 e. The monoisotopic (exact) mass is 401 g/mol. The topological polar surface area (TPSA) is 99.6 Å². The quantitative estimate of drug-likeness (QED) is 0.609. The fourth-order valence-corrected chi connectivity index (χ4v) is 3.70. The number of carbonyl (C=O) groups is 1. The summed E-state index contributed by atoms with van der Waals surface area (Å²) in [5.41, 5.74) is 1.48. The fraction of sp³-hybridized carbons (Fsp3) is 0.389. The molecule has 3 rings (SSSR count). The third kappa shape index (κ3) is 4.01. The van der Waals surface area contributed by atoms with Gasteiger partial charge in [0.05, 0.1) is 17.4 Å². The number of nitrogens with zero attached hydrogens (tertiary/aromatic N) is 6. The minimum absolute atomic E-state index is 0.148. The van der Waals surface area contributed by atoms with E-state index in [1.165, 1.54) is 16.4 Å². The van der Waals surface area contributed by atoms with Gasteiger partial charge in [0.2, 0.25) is 11.1 Å². The maximum Gasteiger partial charge on any atom is 0.295 e. The van der Waals surface area contributed by atoms with Gasteiger partial charge in [0.1, 0.15) is 5.69 Å². The van der Waals surface area contributed by atoms with Gasteiger partial charge >= 0.3 is 0 Å².